The topological polar surface area (TPSA) is 17.1 Å². The highest BCUT2D eigenvalue weighted by molar-refractivity contribution is 5.96. The van der Waals surface area contributed by atoms with Gasteiger partial charge in [-0.3, -0.25) is 4.79 Å². The van der Waals surface area contributed by atoms with E-state index in [1.54, 1.807) is 0 Å². The quantitative estimate of drug-likeness (QED) is 0.570. The van der Waals surface area contributed by atoms with Crippen molar-refractivity contribution in [2.24, 2.45) is 11.3 Å². The molecule has 12 heavy (non-hydrogen) atoms. The van der Waals surface area contributed by atoms with E-state index in [-0.39, 0.29) is 17.1 Å². The molecule has 2 atom stereocenters. The van der Waals surface area contributed by atoms with Crippen molar-refractivity contribution in [3.05, 3.63) is 37.0 Å². The van der Waals surface area contributed by atoms with Gasteiger partial charge in [-0.05, 0) is 18.9 Å². The van der Waals surface area contributed by atoms with E-state index < -0.39 is 0 Å². The fraction of sp³-hybridized carbons (Fsp3) is 0.364. The van der Waals surface area contributed by atoms with Crippen molar-refractivity contribution in [2.45, 2.75) is 13.8 Å². The van der Waals surface area contributed by atoms with E-state index >= 15 is 0 Å². The number of hydrogen-bond donors (Lipinski definition) is 0. The van der Waals surface area contributed by atoms with Gasteiger partial charge in [0.15, 0.2) is 5.78 Å². The third kappa shape index (κ3) is 1.27. The zero-order valence-electron chi connectivity index (χ0n) is 7.58. The van der Waals surface area contributed by atoms with Crippen LogP contribution in [0.2, 0.25) is 0 Å². The number of rotatable bonds is 2. The van der Waals surface area contributed by atoms with Crippen molar-refractivity contribution in [1.29, 1.82) is 0 Å². The standard InChI is InChI=1S/C11H14O/c1-4-10(12)11(3)8-6-5-7-9(11)2/h4-9H,1H2,2-3H3. The summed E-state index contributed by atoms with van der Waals surface area (Å²) in [7, 11) is 0. The van der Waals surface area contributed by atoms with Gasteiger partial charge in [0.2, 0.25) is 0 Å². The van der Waals surface area contributed by atoms with E-state index in [0.717, 1.165) is 0 Å². The Morgan fingerprint density at radius 2 is 2.25 bits per heavy atom. The lowest BCUT2D eigenvalue weighted by atomic mass is 9.72. The zero-order chi connectivity index (χ0) is 9.19. The van der Waals surface area contributed by atoms with Crippen LogP contribution in [0.1, 0.15) is 13.8 Å². The minimum atomic E-state index is -0.378. The molecule has 0 bridgehead atoms. The van der Waals surface area contributed by atoms with Crippen molar-refractivity contribution in [2.75, 3.05) is 0 Å². The van der Waals surface area contributed by atoms with Crippen molar-refractivity contribution >= 4 is 5.78 Å². The number of allylic oxidation sites excluding steroid dienone is 5. The van der Waals surface area contributed by atoms with Gasteiger partial charge in [-0.15, -0.1) is 0 Å². The predicted molar refractivity (Wildman–Crippen MR) is 50.8 cm³/mol. The molecule has 1 nitrogen and oxygen atoms in total. The van der Waals surface area contributed by atoms with Gasteiger partial charge in [0.1, 0.15) is 0 Å². The summed E-state index contributed by atoms with van der Waals surface area (Å²) in [5, 5.41) is 0. The molecule has 0 spiro atoms. The first kappa shape index (κ1) is 8.98. The van der Waals surface area contributed by atoms with Crippen LogP contribution in [-0.2, 0) is 4.79 Å². The first-order valence-electron chi connectivity index (χ1n) is 4.14. The summed E-state index contributed by atoms with van der Waals surface area (Å²) in [6.07, 6.45) is 9.28. The van der Waals surface area contributed by atoms with Gasteiger partial charge in [-0.1, -0.05) is 37.8 Å². The summed E-state index contributed by atoms with van der Waals surface area (Å²) < 4.78 is 0. The molecule has 1 heteroatoms. The van der Waals surface area contributed by atoms with Crippen LogP contribution in [0.5, 0.6) is 0 Å². The minimum absolute atomic E-state index is 0.0931. The van der Waals surface area contributed by atoms with Crippen LogP contribution in [-0.4, -0.2) is 5.78 Å². The molecule has 64 valence electrons. The molecule has 1 aliphatic carbocycles. The number of ketones is 1. The van der Waals surface area contributed by atoms with E-state index in [0.29, 0.717) is 0 Å². The predicted octanol–water partition coefficient (Wildman–Crippen LogP) is 2.51. The van der Waals surface area contributed by atoms with Gasteiger partial charge in [0, 0.05) is 0 Å². The summed E-state index contributed by atoms with van der Waals surface area (Å²) in [6, 6.07) is 0. The largest absolute Gasteiger partial charge is 0.294 e. The molecule has 1 aliphatic rings. The van der Waals surface area contributed by atoms with Crippen molar-refractivity contribution in [3.8, 4) is 0 Å². The van der Waals surface area contributed by atoms with Gasteiger partial charge in [0.05, 0.1) is 5.41 Å². The number of hydrogen-bond acceptors (Lipinski definition) is 1. The Morgan fingerprint density at radius 1 is 1.58 bits per heavy atom. The maximum Gasteiger partial charge on any atom is 0.165 e. The molecule has 0 heterocycles. The van der Waals surface area contributed by atoms with Crippen LogP contribution in [0.25, 0.3) is 0 Å². The molecule has 1 rings (SSSR count). The highest BCUT2D eigenvalue weighted by atomic mass is 16.1. The Hall–Kier alpha value is -1.11. The molecule has 0 aromatic carbocycles. The van der Waals surface area contributed by atoms with Gasteiger partial charge >= 0.3 is 0 Å². The Morgan fingerprint density at radius 3 is 2.75 bits per heavy atom. The SMILES string of the molecule is C=CC(=O)C1(C)C=CC=CC1C. The second-order valence-corrected chi connectivity index (χ2v) is 3.38. The fourth-order valence-corrected chi connectivity index (χ4v) is 1.36. The first-order valence-corrected chi connectivity index (χ1v) is 4.14. The Bertz CT molecular complexity index is 260. The zero-order valence-corrected chi connectivity index (χ0v) is 7.58. The average Bonchev–Trinajstić information content (AvgIpc) is 2.09. The van der Waals surface area contributed by atoms with Crippen LogP contribution >= 0.6 is 0 Å². The molecule has 2 unspecified atom stereocenters. The van der Waals surface area contributed by atoms with Gasteiger partial charge in [-0.2, -0.15) is 0 Å². The van der Waals surface area contributed by atoms with Crippen molar-refractivity contribution < 1.29 is 4.79 Å². The Balaban J connectivity index is 2.97. The summed E-state index contributed by atoms with van der Waals surface area (Å²) in [5.41, 5.74) is -0.378. The van der Waals surface area contributed by atoms with Gasteiger partial charge < -0.3 is 0 Å². The van der Waals surface area contributed by atoms with Crippen molar-refractivity contribution in [1.82, 2.24) is 0 Å². The summed E-state index contributed by atoms with van der Waals surface area (Å²) in [4.78, 5) is 11.5. The van der Waals surface area contributed by atoms with Crippen LogP contribution in [0, 0.1) is 11.3 Å². The molecule has 0 aliphatic heterocycles. The smallest absolute Gasteiger partial charge is 0.165 e. The minimum Gasteiger partial charge on any atom is -0.294 e. The summed E-state index contributed by atoms with van der Waals surface area (Å²) in [6.45, 7) is 7.50. The lowest BCUT2D eigenvalue weighted by molar-refractivity contribution is -0.122. The molecule has 0 saturated carbocycles. The molecule has 0 aromatic heterocycles. The van der Waals surface area contributed by atoms with E-state index in [1.807, 2.05) is 38.2 Å². The second-order valence-electron chi connectivity index (χ2n) is 3.38. The van der Waals surface area contributed by atoms with Crippen LogP contribution in [0.3, 0.4) is 0 Å². The average molecular weight is 162 g/mol. The Labute approximate surface area is 73.5 Å². The molecule has 0 radical (unpaired) electrons. The van der Waals surface area contributed by atoms with Crippen molar-refractivity contribution in [3.63, 3.8) is 0 Å². The van der Waals surface area contributed by atoms with Gasteiger partial charge in [0.25, 0.3) is 0 Å². The van der Waals surface area contributed by atoms with E-state index in [1.165, 1.54) is 6.08 Å². The number of carbonyl (C=O) groups is 1. The second kappa shape index (κ2) is 3.10. The lowest BCUT2D eigenvalue weighted by Gasteiger charge is -2.29. The molecule has 0 fully saturated rings. The summed E-state index contributed by atoms with van der Waals surface area (Å²) >= 11 is 0. The Kier molecular flexibility index (Phi) is 2.32. The summed E-state index contributed by atoms with van der Waals surface area (Å²) in [5.74, 6) is 0.351. The number of carbonyl (C=O) groups excluding carboxylic acids is 1. The van der Waals surface area contributed by atoms with Crippen LogP contribution in [0.4, 0.5) is 0 Å². The monoisotopic (exact) mass is 162 g/mol. The molecule has 0 saturated heterocycles. The maximum atomic E-state index is 11.5. The maximum absolute atomic E-state index is 11.5. The third-order valence-corrected chi connectivity index (χ3v) is 2.62. The van der Waals surface area contributed by atoms with Gasteiger partial charge in [-0.25, -0.2) is 0 Å². The highest BCUT2D eigenvalue weighted by Crippen LogP contribution is 2.33. The fourth-order valence-electron chi connectivity index (χ4n) is 1.36. The normalized spacial score (nSPS) is 33.3. The van der Waals surface area contributed by atoms with E-state index in [9.17, 15) is 4.79 Å². The van der Waals surface area contributed by atoms with E-state index in [2.05, 4.69) is 6.58 Å². The molecular formula is C11H14O. The molecular weight excluding hydrogens is 148 g/mol. The highest BCUT2D eigenvalue weighted by Gasteiger charge is 2.33. The first-order chi connectivity index (χ1) is 5.61. The van der Waals surface area contributed by atoms with Crippen LogP contribution in [0.15, 0.2) is 37.0 Å². The molecule has 0 amide bonds. The van der Waals surface area contributed by atoms with Crippen LogP contribution < -0.4 is 0 Å². The lowest BCUT2D eigenvalue weighted by Crippen LogP contribution is -2.31. The molecule has 0 N–H and O–H groups in total. The van der Waals surface area contributed by atoms with E-state index in [4.69, 9.17) is 0 Å². The molecule has 0 aromatic rings. The third-order valence-electron chi connectivity index (χ3n) is 2.62.